The molecule has 0 saturated carbocycles. The van der Waals surface area contributed by atoms with Crippen molar-refractivity contribution in [2.75, 3.05) is 26.9 Å². The van der Waals surface area contributed by atoms with E-state index in [1.54, 1.807) is 7.11 Å². The molecule has 1 aromatic rings. The van der Waals surface area contributed by atoms with Crippen molar-refractivity contribution in [1.82, 2.24) is 5.32 Å². The van der Waals surface area contributed by atoms with Crippen molar-refractivity contribution in [2.24, 2.45) is 0 Å². The fourth-order valence-corrected chi connectivity index (χ4v) is 3.07. The molecule has 1 unspecified atom stereocenters. The molecule has 0 radical (unpaired) electrons. The summed E-state index contributed by atoms with van der Waals surface area (Å²) in [5.41, 5.74) is 1.14. The van der Waals surface area contributed by atoms with Crippen LogP contribution < -0.4 is 10.1 Å². The predicted molar refractivity (Wildman–Crippen MR) is 87.2 cm³/mol. The minimum Gasteiger partial charge on any atom is -0.489 e. The first-order valence-electron chi connectivity index (χ1n) is 6.56. The first kappa shape index (κ1) is 17.9. The highest BCUT2D eigenvalue weighted by Crippen LogP contribution is 2.34. The molecule has 0 heterocycles. The van der Waals surface area contributed by atoms with E-state index in [1.165, 1.54) is 0 Å². The van der Waals surface area contributed by atoms with Crippen LogP contribution in [-0.2, 0) is 11.3 Å². The molecule has 1 atom stereocenters. The summed E-state index contributed by atoms with van der Waals surface area (Å²) in [4.78, 5) is 0. The first-order valence-corrected chi connectivity index (χ1v) is 8.15. The summed E-state index contributed by atoms with van der Waals surface area (Å²) in [7, 11) is 1.69. The number of methoxy groups -OCH3 is 1. The van der Waals surface area contributed by atoms with E-state index in [0.29, 0.717) is 19.6 Å². The minimum absolute atomic E-state index is 0.291. The normalized spacial score (nSPS) is 12.4. The highest BCUT2D eigenvalue weighted by Gasteiger charge is 2.11. The molecule has 0 aliphatic carbocycles. The Labute approximate surface area is 137 Å². The average molecular weight is 411 g/mol. The highest BCUT2D eigenvalue weighted by atomic mass is 79.9. The maximum atomic E-state index is 9.54. The van der Waals surface area contributed by atoms with Gasteiger partial charge in [-0.3, -0.25) is 0 Å². The van der Waals surface area contributed by atoms with Crippen LogP contribution in [0.3, 0.4) is 0 Å². The molecule has 114 valence electrons. The van der Waals surface area contributed by atoms with E-state index in [0.717, 1.165) is 33.3 Å². The molecule has 1 rings (SSSR count). The Balaban J connectivity index is 2.61. The molecular formula is C14H21Br2NO3. The summed E-state index contributed by atoms with van der Waals surface area (Å²) in [6.07, 6.45) is 0.237. The summed E-state index contributed by atoms with van der Waals surface area (Å²) in [5.74, 6) is 0.721. The number of rotatable bonds is 9. The lowest BCUT2D eigenvalue weighted by molar-refractivity contribution is 0.103. The Bertz CT molecular complexity index is 392. The third kappa shape index (κ3) is 6.10. The van der Waals surface area contributed by atoms with Crippen LogP contribution in [-0.4, -0.2) is 38.1 Å². The van der Waals surface area contributed by atoms with Gasteiger partial charge in [-0.2, -0.15) is 0 Å². The first-order chi connectivity index (χ1) is 9.58. The lowest BCUT2D eigenvalue weighted by Gasteiger charge is -2.14. The van der Waals surface area contributed by atoms with Crippen molar-refractivity contribution in [2.45, 2.75) is 26.0 Å². The second-order valence-electron chi connectivity index (χ2n) is 4.43. The van der Waals surface area contributed by atoms with Crippen LogP contribution in [0.2, 0.25) is 0 Å². The van der Waals surface area contributed by atoms with Crippen LogP contribution in [0.1, 0.15) is 18.9 Å². The van der Waals surface area contributed by atoms with E-state index >= 15 is 0 Å². The summed E-state index contributed by atoms with van der Waals surface area (Å²) in [5, 5.41) is 12.8. The molecule has 0 aliphatic heterocycles. The number of halogens is 2. The summed E-state index contributed by atoms with van der Waals surface area (Å²) >= 11 is 7.01. The highest BCUT2D eigenvalue weighted by molar-refractivity contribution is 9.11. The second kappa shape index (κ2) is 9.73. The fraction of sp³-hybridized carbons (Fsp3) is 0.571. The molecule has 2 N–H and O–H groups in total. The number of hydrogen-bond donors (Lipinski definition) is 2. The molecule has 0 aromatic heterocycles. The van der Waals surface area contributed by atoms with E-state index in [-0.39, 0.29) is 0 Å². The standard InChI is InChI=1S/C14H21Br2NO3/c1-3-11(18)9-20-14-12(15)6-10(7-13(14)16)8-17-4-5-19-2/h6-7,11,17-18H,3-5,8-9H2,1-2H3. The van der Waals surface area contributed by atoms with Crippen LogP contribution in [0.15, 0.2) is 21.1 Å². The van der Waals surface area contributed by atoms with Gasteiger partial charge in [0.05, 0.1) is 21.7 Å². The smallest absolute Gasteiger partial charge is 0.147 e. The van der Waals surface area contributed by atoms with Gasteiger partial charge in [0.2, 0.25) is 0 Å². The van der Waals surface area contributed by atoms with E-state index in [4.69, 9.17) is 9.47 Å². The number of benzene rings is 1. The monoisotopic (exact) mass is 409 g/mol. The molecule has 0 amide bonds. The van der Waals surface area contributed by atoms with Gasteiger partial charge in [-0.1, -0.05) is 6.92 Å². The van der Waals surface area contributed by atoms with Gasteiger partial charge in [0, 0.05) is 20.2 Å². The number of hydrogen-bond acceptors (Lipinski definition) is 4. The third-order valence-corrected chi connectivity index (χ3v) is 3.94. The summed E-state index contributed by atoms with van der Waals surface area (Å²) in [6, 6.07) is 4.02. The molecule has 0 spiro atoms. The Morgan fingerprint density at radius 2 is 1.95 bits per heavy atom. The maximum absolute atomic E-state index is 9.54. The van der Waals surface area contributed by atoms with E-state index in [2.05, 4.69) is 37.2 Å². The second-order valence-corrected chi connectivity index (χ2v) is 6.14. The zero-order valence-corrected chi connectivity index (χ0v) is 15.0. The molecular weight excluding hydrogens is 390 g/mol. The molecule has 0 saturated heterocycles. The van der Waals surface area contributed by atoms with Crippen LogP contribution in [0.5, 0.6) is 5.75 Å². The Morgan fingerprint density at radius 3 is 2.50 bits per heavy atom. The lowest BCUT2D eigenvalue weighted by Crippen LogP contribution is -2.19. The van der Waals surface area contributed by atoms with Crippen LogP contribution >= 0.6 is 31.9 Å². The quantitative estimate of drug-likeness (QED) is 0.614. The molecule has 0 bridgehead atoms. The summed E-state index contributed by atoms with van der Waals surface area (Å²) < 4.78 is 12.4. The van der Waals surface area contributed by atoms with Crippen molar-refractivity contribution < 1.29 is 14.6 Å². The van der Waals surface area contributed by atoms with E-state index in [9.17, 15) is 5.11 Å². The molecule has 0 fully saturated rings. The zero-order valence-electron chi connectivity index (χ0n) is 11.8. The maximum Gasteiger partial charge on any atom is 0.147 e. The van der Waals surface area contributed by atoms with Crippen molar-refractivity contribution in [1.29, 1.82) is 0 Å². The molecule has 20 heavy (non-hydrogen) atoms. The van der Waals surface area contributed by atoms with Gasteiger partial charge in [0.25, 0.3) is 0 Å². The Kier molecular flexibility index (Phi) is 8.72. The van der Waals surface area contributed by atoms with Gasteiger partial charge in [0.1, 0.15) is 12.4 Å². The van der Waals surface area contributed by atoms with Crippen molar-refractivity contribution in [3.05, 3.63) is 26.6 Å². The average Bonchev–Trinajstić information content (AvgIpc) is 2.42. The van der Waals surface area contributed by atoms with Gasteiger partial charge in [-0.25, -0.2) is 0 Å². The van der Waals surface area contributed by atoms with Crippen molar-refractivity contribution >= 4 is 31.9 Å². The van der Waals surface area contributed by atoms with Crippen molar-refractivity contribution in [3.63, 3.8) is 0 Å². The number of aliphatic hydroxyl groups is 1. The topological polar surface area (TPSA) is 50.7 Å². The Hall–Kier alpha value is -0.140. The minimum atomic E-state index is -0.441. The van der Waals surface area contributed by atoms with Crippen LogP contribution in [0.25, 0.3) is 0 Å². The zero-order chi connectivity index (χ0) is 15.0. The SMILES string of the molecule is CCC(O)COc1c(Br)cc(CNCCOC)cc1Br. The van der Waals surface area contributed by atoms with E-state index in [1.807, 2.05) is 19.1 Å². The molecule has 4 nitrogen and oxygen atoms in total. The number of nitrogens with one attached hydrogen (secondary N) is 1. The molecule has 6 heteroatoms. The summed E-state index contributed by atoms with van der Waals surface area (Å²) in [6.45, 7) is 4.48. The lowest BCUT2D eigenvalue weighted by atomic mass is 10.2. The molecule has 1 aromatic carbocycles. The Morgan fingerprint density at radius 1 is 1.30 bits per heavy atom. The van der Waals surface area contributed by atoms with Crippen molar-refractivity contribution in [3.8, 4) is 5.75 Å². The van der Waals surface area contributed by atoms with Gasteiger partial charge in [-0.15, -0.1) is 0 Å². The predicted octanol–water partition coefficient (Wildman–Crippen LogP) is 3.10. The molecule has 0 aliphatic rings. The number of ether oxygens (including phenoxy) is 2. The van der Waals surface area contributed by atoms with E-state index < -0.39 is 6.10 Å². The largest absolute Gasteiger partial charge is 0.489 e. The van der Waals surface area contributed by atoms with Gasteiger partial charge >= 0.3 is 0 Å². The van der Waals surface area contributed by atoms with Gasteiger partial charge in [0.15, 0.2) is 0 Å². The van der Waals surface area contributed by atoms with Gasteiger partial charge in [-0.05, 0) is 56.0 Å². The fourth-order valence-electron chi connectivity index (χ4n) is 1.56. The van der Waals surface area contributed by atoms with Crippen LogP contribution in [0.4, 0.5) is 0 Å². The van der Waals surface area contributed by atoms with Gasteiger partial charge < -0.3 is 19.9 Å². The number of aliphatic hydroxyl groups excluding tert-OH is 1. The van der Waals surface area contributed by atoms with Crippen LogP contribution in [0, 0.1) is 0 Å². The third-order valence-electron chi connectivity index (χ3n) is 2.76.